The van der Waals surface area contributed by atoms with Gasteiger partial charge in [-0.1, -0.05) is 170 Å². The zero-order chi connectivity index (χ0) is 45.9. The molecule has 4 nitrogen and oxygen atoms in total. The molecule has 0 aliphatic carbocycles. The monoisotopic (exact) mass is 890 g/mol. The van der Waals surface area contributed by atoms with Crippen LogP contribution in [-0.4, -0.2) is 18.3 Å². The van der Waals surface area contributed by atoms with Crippen LogP contribution in [0.15, 0.2) is 255 Å². The zero-order valence-corrected chi connectivity index (χ0v) is 38.0. The van der Waals surface area contributed by atoms with Crippen molar-refractivity contribution in [3.05, 3.63) is 255 Å². The molecule has 0 amide bonds. The van der Waals surface area contributed by atoms with E-state index in [0.717, 1.165) is 45.0 Å². The van der Waals surface area contributed by atoms with Gasteiger partial charge in [-0.15, -0.1) is 0 Å². The van der Waals surface area contributed by atoms with Gasteiger partial charge in [-0.2, -0.15) is 0 Å². The molecule has 70 heavy (non-hydrogen) atoms. The second kappa shape index (κ2) is 15.1. The van der Waals surface area contributed by atoms with Crippen molar-refractivity contribution < 1.29 is 0 Å². The third-order valence-corrected chi connectivity index (χ3v) is 14.7. The molecule has 326 valence electrons. The van der Waals surface area contributed by atoms with Crippen LogP contribution in [0.3, 0.4) is 0 Å². The SMILES string of the molecule is c1ccc2c(c1)c1ccccc1n2-c1cc(-c2ccc(-c3cc(-n4c5ccccc5c5ccccc54)cc(-n4c5ccccc5c5ccccc54)c3)cc2)cc(-n2c3ccccc3c3ccccc32)c1. The summed E-state index contributed by atoms with van der Waals surface area (Å²) < 4.78 is 9.76. The second-order valence-corrected chi connectivity index (χ2v) is 18.5. The smallest absolute Gasteiger partial charge is 0.0541 e. The first kappa shape index (κ1) is 38.7. The van der Waals surface area contributed by atoms with E-state index in [9.17, 15) is 0 Å². The van der Waals surface area contributed by atoms with E-state index >= 15 is 0 Å². The third-order valence-electron chi connectivity index (χ3n) is 14.7. The van der Waals surface area contributed by atoms with Crippen molar-refractivity contribution in [3.8, 4) is 45.0 Å². The van der Waals surface area contributed by atoms with E-state index in [2.05, 4.69) is 273 Å². The maximum atomic E-state index is 2.44. The lowest BCUT2D eigenvalue weighted by molar-refractivity contribution is 1.13. The first-order valence-electron chi connectivity index (χ1n) is 24.1. The molecule has 0 aliphatic rings. The maximum Gasteiger partial charge on any atom is 0.0541 e. The molecule has 0 atom stereocenters. The fourth-order valence-electron chi connectivity index (χ4n) is 11.7. The molecule has 15 rings (SSSR count). The highest BCUT2D eigenvalue weighted by molar-refractivity contribution is 6.12. The minimum atomic E-state index is 1.12. The predicted octanol–water partition coefficient (Wildman–Crippen LogP) is 17.4. The van der Waals surface area contributed by atoms with Crippen molar-refractivity contribution in [1.82, 2.24) is 18.3 Å². The molecule has 15 aromatic rings. The Hall–Kier alpha value is -9.38. The molecule has 0 fully saturated rings. The van der Waals surface area contributed by atoms with Gasteiger partial charge in [0.1, 0.15) is 0 Å². The first-order chi connectivity index (χ1) is 34.7. The summed E-state index contributed by atoms with van der Waals surface area (Å²) in [5.41, 5.74) is 18.5. The van der Waals surface area contributed by atoms with Crippen LogP contribution < -0.4 is 0 Å². The van der Waals surface area contributed by atoms with E-state index in [1.807, 2.05) is 0 Å². The number of fused-ring (bicyclic) bond motifs is 12. The maximum absolute atomic E-state index is 2.44. The van der Waals surface area contributed by atoms with Crippen molar-refractivity contribution in [3.63, 3.8) is 0 Å². The van der Waals surface area contributed by atoms with Gasteiger partial charge < -0.3 is 18.3 Å². The first-order valence-corrected chi connectivity index (χ1v) is 24.1. The average molecular weight is 891 g/mol. The molecule has 4 heteroatoms. The molecule has 4 heterocycles. The summed E-state index contributed by atoms with van der Waals surface area (Å²) in [5.74, 6) is 0. The van der Waals surface area contributed by atoms with Crippen LogP contribution in [0, 0.1) is 0 Å². The van der Waals surface area contributed by atoms with E-state index < -0.39 is 0 Å². The molecular formula is C66H42N4. The number of benzene rings is 11. The molecule has 0 radical (unpaired) electrons. The summed E-state index contributed by atoms with van der Waals surface area (Å²) in [6.07, 6.45) is 0. The summed E-state index contributed by atoms with van der Waals surface area (Å²) in [7, 11) is 0. The highest BCUT2D eigenvalue weighted by Crippen LogP contribution is 2.41. The number of aromatic nitrogens is 4. The lowest BCUT2D eigenvalue weighted by atomic mass is 9.98. The van der Waals surface area contributed by atoms with Crippen LogP contribution in [0.4, 0.5) is 0 Å². The van der Waals surface area contributed by atoms with Gasteiger partial charge >= 0.3 is 0 Å². The summed E-state index contributed by atoms with van der Waals surface area (Å²) >= 11 is 0. The van der Waals surface area contributed by atoms with Crippen molar-refractivity contribution in [2.24, 2.45) is 0 Å². The summed E-state index contributed by atoms with van der Waals surface area (Å²) in [4.78, 5) is 0. The Balaban J connectivity index is 0.952. The van der Waals surface area contributed by atoms with Crippen molar-refractivity contribution in [2.45, 2.75) is 0 Å². The number of hydrogen-bond donors (Lipinski definition) is 0. The molecule has 0 unspecified atom stereocenters. The number of rotatable bonds is 6. The predicted molar refractivity (Wildman–Crippen MR) is 295 cm³/mol. The number of para-hydroxylation sites is 8. The molecule has 11 aromatic carbocycles. The van der Waals surface area contributed by atoms with Gasteiger partial charge in [0.15, 0.2) is 0 Å². The molecule has 0 N–H and O–H groups in total. The molecule has 0 aliphatic heterocycles. The largest absolute Gasteiger partial charge is 0.309 e. The topological polar surface area (TPSA) is 19.7 Å². The number of nitrogens with zero attached hydrogens (tertiary/aromatic N) is 4. The normalized spacial score (nSPS) is 12.0. The highest BCUT2D eigenvalue weighted by atomic mass is 15.0. The molecule has 0 saturated heterocycles. The van der Waals surface area contributed by atoms with Crippen LogP contribution in [0.25, 0.3) is 132 Å². The van der Waals surface area contributed by atoms with Gasteiger partial charge in [0.05, 0.1) is 44.1 Å². The van der Waals surface area contributed by atoms with Gasteiger partial charge in [0.25, 0.3) is 0 Å². The minimum absolute atomic E-state index is 1.12. The van der Waals surface area contributed by atoms with E-state index in [1.54, 1.807) is 0 Å². The van der Waals surface area contributed by atoms with Crippen LogP contribution in [0.2, 0.25) is 0 Å². The molecule has 0 saturated carbocycles. The van der Waals surface area contributed by atoms with Crippen molar-refractivity contribution in [1.29, 1.82) is 0 Å². The standard InChI is InChI=1S/C66H42N4/c1-9-25-59-51(17-1)52-18-2-10-26-60(52)67(59)47-37-45(38-48(41-47)68-61-27-11-3-19-53(61)54-20-4-12-28-62(54)68)43-33-35-44(36-34-43)46-39-49(69-63-29-13-5-21-55(63)56-22-6-14-30-64(56)69)42-50(40-46)70-65-31-15-7-23-57(65)58-24-8-16-32-66(58)70/h1-42H. The molecule has 4 aromatic heterocycles. The molecule has 0 bridgehead atoms. The highest BCUT2D eigenvalue weighted by Gasteiger charge is 2.20. The fourth-order valence-corrected chi connectivity index (χ4v) is 11.7. The van der Waals surface area contributed by atoms with Gasteiger partial charge in [-0.25, -0.2) is 0 Å². The van der Waals surface area contributed by atoms with Crippen LogP contribution in [0.1, 0.15) is 0 Å². The Morgan fingerprint density at radius 1 is 0.157 bits per heavy atom. The van der Waals surface area contributed by atoms with E-state index in [1.165, 1.54) is 87.2 Å². The van der Waals surface area contributed by atoms with Gasteiger partial charge in [-0.05, 0) is 107 Å². The Bertz CT molecular complexity index is 3820. The van der Waals surface area contributed by atoms with Crippen molar-refractivity contribution in [2.75, 3.05) is 0 Å². The Morgan fingerprint density at radius 3 is 0.514 bits per heavy atom. The van der Waals surface area contributed by atoms with E-state index in [4.69, 9.17) is 0 Å². The second-order valence-electron chi connectivity index (χ2n) is 18.5. The van der Waals surface area contributed by atoms with Crippen molar-refractivity contribution >= 4 is 87.2 Å². The van der Waals surface area contributed by atoms with Gasteiger partial charge in [0.2, 0.25) is 0 Å². The van der Waals surface area contributed by atoms with Crippen LogP contribution in [0.5, 0.6) is 0 Å². The molecular weight excluding hydrogens is 849 g/mol. The van der Waals surface area contributed by atoms with E-state index in [-0.39, 0.29) is 0 Å². The average Bonchev–Trinajstić information content (AvgIpc) is 4.16. The molecule has 0 spiro atoms. The van der Waals surface area contributed by atoms with E-state index in [0.29, 0.717) is 0 Å². The Labute approximate surface area is 403 Å². The van der Waals surface area contributed by atoms with Crippen LogP contribution in [-0.2, 0) is 0 Å². The van der Waals surface area contributed by atoms with Gasteiger partial charge in [0, 0.05) is 65.8 Å². The van der Waals surface area contributed by atoms with Crippen LogP contribution >= 0.6 is 0 Å². The fraction of sp³-hybridized carbons (Fsp3) is 0. The summed E-state index contributed by atoms with van der Waals surface area (Å²) in [5, 5.41) is 9.96. The lowest BCUT2D eigenvalue weighted by Crippen LogP contribution is -2.00. The third kappa shape index (κ3) is 5.71. The quantitative estimate of drug-likeness (QED) is 0.158. The lowest BCUT2D eigenvalue weighted by Gasteiger charge is -2.17. The van der Waals surface area contributed by atoms with Gasteiger partial charge in [-0.3, -0.25) is 0 Å². The summed E-state index contributed by atoms with van der Waals surface area (Å²) in [6, 6.07) is 93.7. The number of hydrogen-bond acceptors (Lipinski definition) is 0. The summed E-state index contributed by atoms with van der Waals surface area (Å²) in [6.45, 7) is 0. The zero-order valence-electron chi connectivity index (χ0n) is 38.0. The minimum Gasteiger partial charge on any atom is -0.309 e. The Morgan fingerprint density at radius 2 is 0.329 bits per heavy atom. The Kier molecular flexibility index (Phi) is 8.33.